The van der Waals surface area contributed by atoms with Crippen molar-refractivity contribution in [1.82, 2.24) is 0 Å². The maximum Gasteiger partial charge on any atom is 0.0159 e. The molecule has 0 aliphatic heterocycles. The predicted octanol–water partition coefficient (Wildman–Crippen LogP) is 13.2. The highest BCUT2D eigenvalue weighted by atomic mass is 14.4. The van der Waals surface area contributed by atoms with Gasteiger partial charge < -0.3 is 0 Å². The number of fused-ring (bicyclic) bond motifs is 5. The smallest absolute Gasteiger partial charge is 0.0159 e. The molecule has 0 nitrogen and oxygen atoms in total. The van der Waals surface area contributed by atoms with Gasteiger partial charge in [-0.2, -0.15) is 0 Å². The van der Waals surface area contributed by atoms with Crippen molar-refractivity contribution in [2.24, 2.45) is 5.92 Å². The molecule has 1 aliphatic rings. The van der Waals surface area contributed by atoms with E-state index in [1.807, 2.05) is 0 Å². The third-order valence-corrected chi connectivity index (χ3v) is 10.9. The zero-order valence-corrected chi connectivity index (χ0v) is 30.1. The fourth-order valence-corrected chi connectivity index (χ4v) is 8.11. The minimum atomic E-state index is -0.0926. The lowest BCUT2D eigenvalue weighted by Gasteiger charge is -2.29. The summed E-state index contributed by atoms with van der Waals surface area (Å²) in [5, 5.41) is 2.74. The largest absolute Gasteiger partial charge is 0.0870 e. The molecule has 240 valence electrons. The summed E-state index contributed by atoms with van der Waals surface area (Å²) in [5.74, 6) is 0.533. The molecule has 6 rings (SSSR count). The van der Waals surface area contributed by atoms with Crippen molar-refractivity contribution in [3.8, 4) is 11.1 Å². The summed E-state index contributed by atoms with van der Waals surface area (Å²) in [7, 11) is 0. The first kappa shape index (κ1) is 32.8. The Kier molecular flexibility index (Phi) is 8.92. The first-order valence-corrected chi connectivity index (χ1v) is 17.7. The molecule has 0 radical (unpaired) electrons. The van der Waals surface area contributed by atoms with Gasteiger partial charge in [0.15, 0.2) is 0 Å². The van der Waals surface area contributed by atoms with E-state index in [-0.39, 0.29) is 10.8 Å². The highest BCUT2D eigenvalue weighted by molar-refractivity contribution is 6.04. The van der Waals surface area contributed by atoms with E-state index in [9.17, 15) is 0 Å². The number of rotatable bonds is 9. The molecule has 5 aromatic carbocycles. The van der Waals surface area contributed by atoms with E-state index in [0.717, 1.165) is 12.8 Å². The summed E-state index contributed by atoms with van der Waals surface area (Å²) in [5.41, 5.74) is 16.7. The van der Waals surface area contributed by atoms with Gasteiger partial charge in [0.2, 0.25) is 0 Å². The van der Waals surface area contributed by atoms with Gasteiger partial charge in [0.25, 0.3) is 0 Å². The van der Waals surface area contributed by atoms with E-state index in [2.05, 4.69) is 172 Å². The fraction of sp³-hybridized carbons (Fsp3) is 0.319. The average Bonchev–Trinajstić information content (AvgIpc) is 3.29. The van der Waals surface area contributed by atoms with E-state index < -0.39 is 0 Å². The Morgan fingerprint density at radius 2 is 1.49 bits per heavy atom. The number of aryl methyl sites for hydroxylation is 1. The molecule has 0 saturated heterocycles. The molecule has 0 atom stereocenters. The van der Waals surface area contributed by atoms with E-state index >= 15 is 0 Å². The highest BCUT2D eigenvalue weighted by Gasteiger charge is 2.38. The van der Waals surface area contributed by atoms with Crippen LogP contribution in [0.2, 0.25) is 0 Å². The summed E-state index contributed by atoms with van der Waals surface area (Å²) in [6, 6.07) is 37.0. The quantitative estimate of drug-likeness (QED) is 0.145. The van der Waals surface area contributed by atoms with Gasteiger partial charge in [0, 0.05) is 10.8 Å². The van der Waals surface area contributed by atoms with Gasteiger partial charge in [-0.15, -0.1) is 0 Å². The average molecular weight is 617 g/mol. The lowest BCUT2D eigenvalue weighted by molar-refractivity contribution is 0.626. The topological polar surface area (TPSA) is 0 Å². The monoisotopic (exact) mass is 616 g/mol. The van der Waals surface area contributed by atoms with Crippen LogP contribution in [0.15, 0.2) is 115 Å². The molecule has 0 heterocycles. The Balaban J connectivity index is 1.43. The second kappa shape index (κ2) is 12.8. The van der Waals surface area contributed by atoms with E-state index in [4.69, 9.17) is 0 Å². The van der Waals surface area contributed by atoms with Crippen molar-refractivity contribution < 1.29 is 0 Å². The molecule has 0 saturated carbocycles. The maximum atomic E-state index is 2.53. The fourth-order valence-electron chi connectivity index (χ4n) is 8.11. The molecule has 0 aromatic heterocycles. The van der Waals surface area contributed by atoms with Crippen LogP contribution in [-0.4, -0.2) is 0 Å². The van der Waals surface area contributed by atoms with Crippen molar-refractivity contribution in [2.75, 3.05) is 0 Å². The van der Waals surface area contributed by atoms with Crippen molar-refractivity contribution in [2.45, 2.75) is 92.4 Å². The normalized spacial score (nSPS) is 14.5. The van der Waals surface area contributed by atoms with Gasteiger partial charge in [0.05, 0.1) is 0 Å². The van der Waals surface area contributed by atoms with Gasteiger partial charge in [-0.3, -0.25) is 0 Å². The molecule has 0 heteroatoms. The van der Waals surface area contributed by atoms with E-state index in [1.54, 1.807) is 5.57 Å². The van der Waals surface area contributed by atoms with Crippen LogP contribution < -0.4 is 0 Å². The van der Waals surface area contributed by atoms with Crippen molar-refractivity contribution in [3.63, 3.8) is 0 Å². The Morgan fingerprint density at radius 1 is 0.787 bits per heavy atom. The minimum absolute atomic E-state index is 0.0765. The molecular weight excluding hydrogens is 565 g/mol. The molecule has 1 aliphatic carbocycles. The van der Waals surface area contributed by atoms with E-state index in [0.29, 0.717) is 5.92 Å². The number of hydrogen-bond acceptors (Lipinski definition) is 0. The molecule has 0 bridgehead atoms. The second-order valence-corrected chi connectivity index (χ2v) is 15.0. The van der Waals surface area contributed by atoms with Gasteiger partial charge in [-0.25, -0.2) is 0 Å². The molecular formula is C47H52. The Bertz CT molecular complexity index is 1990. The molecule has 0 fully saturated rings. The van der Waals surface area contributed by atoms with Gasteiger partial charge in [-0.05, 0) is 105 Å². The molecule has 0 spiro atoms. The third kappa shape index (κ3) is 5.82. The van der Waals surface area contributed by atoms with Crippen LogP contribution in [0.4, 0.5) is 0 Å². The summed E-state index contributed by atoms with van der Waals surface area (Å²) in [6.45, 7) is 20.9. The summed E-state index contributed by atoms with van der Waals surface area (Å²) in [4.78, 5) is 0. The Labute approximate surface area is 284 Å². The molecule has 47 heavy (non-hydrogen) atoms. The highest BCUT2D eigenvalue weighted by Crippen LogP contribution is 2.53. The Morgan fingerprint density at radius 3 is 2.15 bits per heavy atom. The molecule has 5 aromatic rings. The SMILES string of the molecule is C/C=C\C(=C(/CCC)C(C)C)c1ccc(Cc2cc3c(c4ccccc24)-c2ccc(C(C)(C)c4ccccc4)cc2C3(C)C)cc1C. The predicted molar refractivity (Wildman–Crippen MR) is 206 cm³/mol. The second-order valence-electron chi connectivity index (χ2n) is 15.0. The van der Waals surface area contributed by atoms with Gasteiger partial charge >= 0.3 is 0 Å². The van der Waals surface area contributed by atoms with Crippen LogP contribution in [0.25, 0.3) is 27.5 Å². The van der Waals surface area contributed by atoms with Gasteiger partial charge in [-0.1, -0.05) is 170 Å². The zero-order chi connectivity index (χ0) is 33.5. The number of benzene rings is 5. The van der Waals surface area contributed by atoms with Crippen LogP contribution in [0.3, 0.4) is 0 Å². The van der Waals surface area contributed by atoms with Gasteiger partial charge in [0.1, 0.15) is 0 Å². The van der Waals surface area contributed by atoms with Crippen LogP contribution in [0.1, 0.15) is 113 Å². The summed E-state index contributed by atoms with van der Waals surface area (Å²) in [6.07, 6.45) is 7.75. The Hall–Kier alpha value is -4.16. The van der Waals surface area contributed by atoms with Crippen LogP contribution >= 0.6 is 0 Å². The maximum absolute atomic E-state index is 2.53. The first-order chi connectivity index (χ1) is 22.5. The van der Waals surface area contributed by atoms with Crippen LogP contribution in [0, 0.1) is 12.8 Å². The summed E-state index contributed by atoms with van der Waals surface area (Å²) < 4.78 is 0. The number of allylic oxidation sites excluding steroid dienone is 4. The molecule has 0 amide bonds. The molecule has 0 unspecified atom stereocenters. The summed E-state index contributed by atoms with van der Waals surface area (Å²) >= 11 is 0. The molecule has 0 N–H and O–H groups in total. The van der Waals surface area contributed by atoms with E-state index in [1.165, 1.54) is 78.4 Å². The van der Waals surface area contributed by atoms with Crippen LogP contribution in [0.5, 0.6) is 0 Å². The van der Waals surface area contributed by atoms with Crippen molar-refractivity contribution >= 4 is 16.3 Å². The minimum Gasteiger partial charge on any atom is -0.0870 e. The standard InChI is InChI=1S/C47H52/c1-10-17-37(31(3)4)40(18-11-2)38-25-23-33(27-32(38)5)28-34-29-44-45(41-22-16-15-21-39(34)41)42-26-24-36(30-43(42)47(44,8)9)46(6,7)35-19-13-12-14-20-35/h11-16,18-27,29-31H,10,17,28H2,1-9H3/b18-11-,40-37-. The van der Waals surface area contributed by atoms with Crippen molar-refractivity contribution in [1.29, 1.82) is 0 Å². The van der Waals surface area contributed by atoms with Crippen molar-refractivity contribution in [3.05, 3.63) is 159 Å². The lowest BCUT2D eigenvalue weighted by Crippen LogP contribution is -2.21. The third-order valence-electron chi connectivity index (χ3n) is 10.9. The van der Waals surface area contributed by atoms with Crippen LogP contribution in [-0.2, 0) is 17.3 Å². The zero-order valence-electron chi connectivity index (χ0n) is 30.1. The lowest BCUT2D eigenvalue weighted by atomic mass is 9.75. The number of hydrogen-bond donors (Lipinski definition) is 0. The first-order valence-electron chi connectivity index (χ1n) is 17.7.